The fourth-order valence-electron chi connectivity index (χ4n) is 1.82. The summed E-state index contributed by atoms with van der Waals surface area (Å²) >= 11 is 0. The summed E-state index contributed by atoms with van der Waals surface area (Å²) < 4.78 is 7.18. The fraction of sp³-hybridized carbons (Fsp3) is 0.385. The van der Waals surface area contributed by atoms with Crippen molar-refractivity contribution in [1.82, 2.24) is 20.3 Å². The van der Waals surface area contributed by atoms with E-state index in [0.29, 0.717) is 6.04 Å². The van der Waals surface area contributed by atoms with Gasteiger partial charge in [-0.15, -0.1) is 5.10 Å². The minimum absolute atomic E-state index is 0.372. The van der Waals surface area contributed by atoms with Gasteiger partial charge in [-0.2, -0.15) is 0 Å². The molecule has 0 aliphatic carbocycles. The molecule has 1 heterocycles. The molecule has 2 aromatic rings. The van der Waals surface area contributed by atoms with E-state index in [2.05, 4.69) is 22.6 Å². The lowest BCUT2D eigenvalue weighted by Gasteiger charge is -2.13. The van der Waals surface area contributed by atoms with Crippen LogP contribution < -0.4 is 10.1 Å². The van der Waals surface area contributed by atoms with Gasteiger partial charge in [-0.3, -0.25) is 0 Å². The number of para-hydroxylation sites is 2. The van der Waals surface area contributed by atoms with Gasteiger partial charge in [0.15, 0.2) is 0 Å². The molecule has 1 N–H and O–H groups in total. The van der Waals surface area contributed by atoms with Crippen LogP contribution in [0, 0.1) is 0 Å². The molecule has 1 aromatic heterocycles. The maximum atomic E-state index is 5.35. The van der Waals surface area contributed by atoms with Gasteiger partial charge in [-0.25, -0.2) is 4.68 Å². The Bertz CT molecular complexity index is 509. The summed E-state index contributed by atoms with van der Waals surface area (Å²) in [5.41, 5.74) is 1.97. The molecule has 0 saturated heterocycles. The second-order valence-electron chi connectivity index (χ2n) is 4.20. The Morgan fingerprint density at radius 2 is 2.17 bits per heavy atom. The van der Waals surface area contributed by atoms with Crippen LogP contribution in [-0.2, 0) is 6.42 Å². The first kappa shape index (κ1) is 12.6. The highest BCUT2D eigenvalue weighted by molar-refractivity contribution is 5.46. The summed E-state index contributed by atoms with van der Waals surface area (Å²) in [5.74, 6) is 0.793. The van der Waals surface area contributed by atoms with Crippen molar-refractivity contribution in [3.05, 3.63) is 36.2 Å². The first-order chi connectivity index (χ1) is 8.76. The monoisotopic (exact) mass is 246 g/mol. The smallest absolute Gasteiger partial charge is 0.144 e. The third-order valence-corrected chi connectivity index (χ3v) is 2.94. The van der Waals surface area contributed by atoms with Crippen LogP contribution in [0.15, 0.2) is 30.5 Å². The molecule has 0 spiro atoms. The maximum absolute atomic E-state index is 5.35. The Hall–Kier alpha value is -1.88. The van der Waals surface area contributed by atoms with Gasteiger partial charge < -0.3 is 10.1 Å². The van der Waals surface area contributed by atoms with Crippen LogP contribution in [0.1, 0.15) is 12.6 Å². The number of methoxy groups -OCH3 is 1. The van der Waals surface area contributed by atoms with Crippen LogP contribution in [0.2, 0.25) is 0 Å². The molecular weight excluding hydrogens is 228 g/mol. The van der Waals surface area contributed by atoms with Gasteiger partial charge in [0, 0.05) is 12.5 Å². The van der Waals surface area contributed by atoms with Gasteiger partial charge in [0.25, 0.3) is 0 Å². The average molecular weight is 246 g/mol. The number of ether oxygens (including phenoxy) is 1. The van der Waals surface area contributed by atoms with Gasteiger partial charge in [-0.05, 0) is 26.1 Å². The standard InChI is InChI=1S/C13H18N4O/c1-10(14-2)8-11-9-15-16-17(11)12-6-4-5-7-13(12)18-3/h4-7,9-10,14H,8H2,1-3H3. The number of hydrogen-bond acceptors (Lipinski definition) is 4. The van der Waals surface area contributed by atoms with Gasteiger partial charge in [-0.1, -0.05) is 17.3 Å². The molecule has 2 rings (SSSR count). The first-order valence-corrected chi connectivity index (χ1v) is 5.96. The number of benzene rings is 1. The van der Waals surface area contributed by atoms with Crippen molar-refractivity contribution < 1.29 is 4.74 Å². The number of hydrogen-bond donors (Lipinski definition) is 1. The normalized spacial score (nSPS) is 12.4. The highest BCUT2D eigenvalue weighted by atomic mass is 16.5. The molecule has 18 heavy (non-hydrogen) atoms. The van der Waals surface area contributed by atoms with E-state index < -0.39 is 0 Å². The van der Waals surface area contributed by atoms with E-state index in [4.69, 9.17) is 4.74 Å². The highest BCUT2D eigenvalue weighted by Crippen LogP contribution is 2.22. The number of aromatic nitrogens is 3. The third-order valence-electron chi connectivity index (χ3n) is 2.94. The van der Waals surface area contributed by atoms with Crippen LogP contribution in [0.3, 0.4) is 0 Å². The van der Waals surface area contributed by atoms with Crippen LogP contribution in [0.5, 0.6) is 5.75 Å². The zero-order valence-electron chi connectivity index (χ0n) is 10.9. The predicted molar refractivity (Wildman–Crippen MR) is 70.1 cm³/mol. The Kier molecular flexibility index (Phi) is 3.94. The molecule has 0 aliphatic heterocycles. The molecule has 0 saturated carbocycles. The van der Waals surface area contributed by atoms with Crippen molar-refractivity contribution in [2.24, 2.45) is 0 Å². The molecule has 0 amide bonds. The molecule has 0 radical (unpaired) electrons. The van der Waals surface area contributed by atoms with Gasteiger partial charge >= 0.3 is 0 Å². The number of rotatable bonds is 5. The highest BCUT2D eigenvalue weighted by Gasteiger charge is 2.12. The minimum atomic E-state index is 0.372. The van der Waals surface area contributed by atoms with Crippen LogP contribution >= 0.6 is 0 Å². The summed E-state index contributed by atoms with van der Waals surface area (Å²) in [5, 5.41) is 11.3. The SMILES string of the molecule is CNC(C)Cc1cnnn1-c1ccccc1OC. The van der Waals surface area contributed by atoms with Crippen molar-refractivity contribution in [1.29, 1.82) is 0 Å². The van der Waals surface area contributed by atoms with Crippen LogP contribution in [0.4, 0.5) is 0 Å². The quantitative estimate of drug-likeness (QED) is 0.867. The van der Waals surface area contributed by atoms with E-state index in [0.717, 1.165) is 23.6 Å². The molecule has 1 unspecified atom stereocenters. The molecule has 1 atom stereocenters. The fourth-order valence-corrected chi connectivity index (χ4v) is 1.82. The van der Waals surface area contributed by atoms with E-state index in [1.807, 2.05) is 36.0 Å². The largest absolute Gasteiger partial charge is 0.494 e. The Morgan fingerprint density at radius 1 is 1.39 bits per heavy atom. The summed E-state index contributed by atoms with van der Waals surface area (Å²) in [6, 6.07) is 8.17. The number of nitrogens with zero attached hydrogens (tertiary/aromatic N) is 3. The van der Waals surface area contributed by atoms with Crippen LogP contribution in [0.25, 0.3) is 5.69 Å². The first-order valence-electron chi connectivity index (χ1n) is 5.96. The molecule has 5 heteroatoms. The molecule has 0 fully saturated rings. The number of likely N-dealkylation sites (N-methyl/N-ethyl adjacent to an activating group) is 1. The van der Waals surface area contributed by atoms with Crippen molar-refractivity contribution in [2.45, 2.75) is 19.4 Å². The van der Waals surface area contributed by atoms with E-state index in [9.17, 15) is 0 Å². The van der Waals surface area contributed by atoms with Gasteiger partial charge in [0.2, 0.25) is 0 Å². The number of nitrogens with one attached hydrogen (secondary N) is 1. The zero-order valence-corrected chi connectivity index (χ0v) is 10.9. The lowest BCUT2D eigenvalue weighted by Crippen LogP contribution is -2.24. The second kappa shape index (κ2) is 5.64. The minimum Gasteiger partial charge on any atom is -0.494 e. The van der Waals surface area contributed by atoms with Crippen molar-refractivity contribution >= 4 is 0 Å². The summed E-state index contributed by atoms with van der Waals surface area (Å²) in [6.45, 7) is 2.12. The summed E-state index contributed by atoms with van der Waals surface area (Å²) in [7, 11) is 3.60. The lowest BCUT2D eigenvalue weighted by atomic mass is 10.2. The topological polar surface area (TPSA) is 52.0 Å². The molecule has 1 aromatic carbocycles. The van der Waals surface area contributed by atoms with E-state index >= 15 is 0 Å². The Balaban J connectivity index is 2.36. The molecule has 96 valence electrons. The Labute approximate surface area is 107 Å². The van der Waals surface area contributed by atoms with Crippen molar-refractivity contribution in [3.63, 3.8) is 0 Å². The van der Waals surface area contributed by atoms with E-state index in [1.165, 1.54) is 0 Å². The maximum Gasteiger partial charge on any atom is 0.144 e. The van der Waals surface area contributed by atoms with Crippen LogP contribution in [-0.4, -0.2) is 35.2 Å². The predicted octanol–water partition coefficient (Wildman–Crippen LogP) is 1.43. The lowest BCUT2D eigenvalue weighted by molar-refractivity contribution is 0.410. The third kappa shape index (κ3) is 2.51. The van der Waals surface area contributed by atoms with Gasteiger partial charge in [0.1, 0.15) is 11.4 Å². The van der Waals surface area contributed by atoms with Gasteiger partial charge in [0.05, 0.1) is 19.0 Å². The molecular formula is C13H18N4O. The molecule has 0 aliphatic rings. The van der Waals surface area contributed by atoms with E-state index in [1.54, 1.807) is 13.3 Å². The summed E-state index contributed by atoms with van der Waals surface area (Å²) in [6.07, 6.45) is 2.65. The van der Waals surface area contributed by atoms with E-state index in [-0.39, 0.29) is 0 Å². The Morgan fingerprint density at radius 3 is 2.89 bits per heavy atom. The summed E-state index contributed by atoms with van der Waals surface area (Å²) in [4.78, 5) is 0. The average Bonchev–Trinajstić information content (AvgIpc) is 2.86. The molecule has 5 nitrogen and oxygen atoms in total. The molecule has 0 bridgehead atoms. The van der Waals surface area contributed by atoms with Crippen molar-refractivity contribution in [3.8, 4) is 11.4 Å². The zero-order chi connectivity index (χ0) is 13.0. The second-order valence-corrected chi connectivity index (χ2v) is 4.20. The van der Waals surface area contributed by atoms with Crippen molar-refractivity contribution in [2.75, 3.05) is 14.2 Å².